The van der Waals surface area contributed by atoms with E-state index in [9.17, 15) is 18.0 Å². The van der Waals surface area contributed by atoms with Gasteiger partial charge in [0.05, 0.1) is 24.8 Å². The zero-order valence-corrected chi connectivity index (χ0v) is 13.5. The Morgan fingerprint density at radius 1 is 1.52 bits per heavy atom. The minimum absolute atomic E-state index is 0.0723. The van der Waals surface area contributed by atoms with Crippen LogP contribution in [-0.2, 0) is 23.8 Å². The minimum Gasteiger partial charge on any atom is -0.441 e. The van der Waals surface area contributed by atoms with E-state index in [4.69, 9.17) is 4.74 Å². The van der Waals surface area contributed by atoms with Gasteiger partial charge in [0.2, 0.25) is 5.91 Å². The maximum Gasteiger partial charge on any atom is 0.416 e. The third-order valence-electron chi connectivity index (χ3n) is 2.94. The second-order valence-electron chi connectivity index (χ2n) is 4.82. The summed E-state index contributed by atoms with van der Waals surface area (Å²) < 4.78 is 31.6. The molecular formula is C11H12N4O6S2. The molecule has 0 aliphatic carbocycles. The van der Waals surface area contributed by atoms with Crippen LogP contribution in [0.2, 0.25) is 0 Å². The molecule has 0 radical (unpaired) electrons. The number of thioether (sulfide) groups is 1. The Balaban J connectivity index is 1.73. The van der Waals surface area contributed by atoms with Crippen LogP contribution < -0.4 is 10.2 Å². The van der Waals surface area contributed by atoms with Crippen LogP contribution >= 0.6 is 11.8 Å². The lowest BCUT2D eigenvalue weighted by Gasteiger charge is -2.17. The largest absolute Gasteiger partial charge is 0.441 e. The number of cyclic esters (lactones) is 1. The van der Waals surface area contributed by atoms with E-state index >= 15 is 0 Å². The van der Waals surface area contributed by atoms with Gasteiger partial charge in [-0.25, -0.2) is 14.8 Å². The molecule has 0 spiro atoms. The predicted octanol–water partition coefficient (Wildman–Crippen LogP) is -0.178. The molecule has 2 aliphatic rings. The third kappa shape index (κ3) is 3.71. The highest BCUT2D eigenvalue weighted by Gasteiger charge is 2.35. The topological polar surface area (TPSA) is 128 Å². The van der Waals surface area contributed by atoms with E-state index in [1.54, 1.807) is 0 Å². The molecule has 10 nitrogen and oxygen atoms in total. The summed E-state index contributed by atoms with van der Waals surface area (Å²) in [6.07, 6.45) is 0.886. The van der Waals surface area contributed by atoms with Gasteiger partial charge in [0.25, 0.3) is 10.1 Å². The molecule has 2 aliphatic heterocycles. The van der Waals surface area contributed by atoms with E-state index in [1.807, 2.05) is 0 Å². The van der Waals surface area contributed by atoms with Gasteiger partial charge in [-0.2, -0.15) is 8.42 Å². The summed E-state index contributed by atoms with van der Waals surface area (Å²) in [6.45, 7) is -0.199. The first-order valence-electron chi connectivity index (χ1n) is 6.44. The number of rotatable bonds is 4. The van der Waals surface area contributed by atoms with Crippen molar-refractivity contribution in [1.29, 1.82) is 0 Å². The fourth-order valence-electron chi connectivity index (χ4n) is 1.98. The fraction of sp³-hybridized carbons (Fsp3) is 0.455. The van der Waals surface area contributed by atoms with Gasteiger partial charge in [0, 0.05) is 0 Å². The molecule has 3 heterocycles. The summed E-state index contributed by atoms with van der Waals surface area (Å²) in [6, 6.07) is 0. The molecule has 2 amide bonds. The number of carbonyl (C=O) groups is 2. The molecule has 0 aromatic carbocycles. The first-order chi connectivity index (χ1) is 10.8. The molecule has 0 bridgehead atoms. The average molecular weight is 360 g/mol. The Morgan fingerprint density at radius 2 is 2.30 bits per heavy atom. The lowest BCUT2D eigenvalue weighted by atomic mass is 10.4. The van der Waals surface area contributed by atoms with Crippen molar-refractivity contribution in [3.8, 4) is 0 Å². The standard InChI is InChI=1S/C11H12N4O6S2/c1-23(18,19)20-4-6-3-15(11(17)21-6)7-2-12-10-9(13-7)14-8(16)5-22-10/h2,6H,3-5H2,1H3,(H,13,14,16)/t6-/m1/s1. The summed E-state index contributed by atoms with van der Waals surface area (Å²) in [7, 11) is -3.62. The molecule has 1 fully saturated rings. The summed E-state index contributed by atoms with van der Waals surface area (Å²) in [5.74, 6) is 0.556. The highest BCUT2D eigenvalue weighted by molar-refractivity contribution is 8.00. The molecule has 0 saturated carbocycles. The normalized spacial score (nSPS) is 20.9. The van der Waals surface area contributed by atoms with Crippen LogP contribution in [0.1, 0.15) is 0 Å². The predicted molar refractivity (Wildman–Crippen MR) is 79.8 cm³/mol. The Labute approximate surface area is 135 Å². The Kier molecular flexibility index (Phi) is 4.12. The quantitative estimate of drug-likeness (QED) is 0.727. The maximum atomic E-state index is 11.9. The van der Waals surface area contributed by atoms with E-state index in [1.165, 1.54) is 22.9 Å². The van der Waals surface area contributed by atoms with Gasteiger partial charge in [0.1, 0.15) is 17.7 Å². The number of hydrogen-bond acceptors (Lipinski definition) is 9. The number of amides is 2. The van der Waals surface area contributed by atoms with Gasteiger partial charge in [-0.3, -0.25) is 13.9 Å². The van der Waals surface area contributed by atoms with Crippen LogP contribution in [0, 0.1) is 0 Å². The molecule has 3 rings (SSSR count). The van der Waals surface area contributed by atoms with E-state index < -0.39 is 22.3 Å². The molecule has 12 heteroatoms. The third-order valence-corrected chi connectivity index (χ3v) is 4.49. The highest BCUT2D eigenvalue weighted by Crippen LogP contribution is 2.30. The number of hydrogen-bond donors (Lipinski definition) is 1. The van der Waals surface area contributed by atoms with Crippen molar-refractivity contribution in [2.45, 2.75) is 11.1 Å². The molecule has 1 atom stereocenters. The molecule has 0 unspecified atom stereocenters. The molecule has 124 valence electrons. The Bertz CT molecular complexity index is 768. The first kappa shape index (κ1) is 16.0. The van der Waals surface area contributed by atoms with Crippen LogP contribution in [0.5, 0.6) is 0 Å². The van der Waals surface area contributed by atoms with Gasteiger partial charge < -0.3 is 10.1 Å². The second-order valence-corrected chi connectivity index (χ2v) is 7.43. The summed E-state index contributed by atoms with van der Waals surface area (Å²) in [5, 5.41) is 3.15. The van der Waals surface area contributed by atoms with Gasteiger partial charge in [-0.1, -0.05) is 11.8 Å². The van der Waals surface area contributed by atoms with Gasteiger partial charge >= 0.3 is 6.09 Å². The van der Waals surface area contributed by atoms with Crippen molar-refractivity contribution in [2.24, 2.45) is 0 Å². The molecule has 1 N–H and O–H groups in total. The number of aromatic nitrogens is 2. The van der Waals surface area contributed by atoms with Crippen LogP contribution in [0.4, 0.5) is 16.4 Å². The van der Waals surface area contributed by atoms with Crippen molar-refractivity contribution in [3.63, 3.8) is 0 Å². The second kappa shape index (κ2) is 5.94. The van der Waals surface area contributed by atoms with Crippen LogP contribution in [0.15, 0.2) is 11.2 Å². The number of nitrogens with one attached hydrogen (secondary N) is 1. The monoisotopic (exact) mass is 360 g/mol. The molecule has 1 aromatic heterocycles. The van der Waals surface area contributed by atoms with Crippen LogP contribution in [-0.4, -0.2) is 61.7 Å². The van der Waals surface area contributed by atoms with Crippen molar-refractivity contribution in [3.05, 3.63) is 6.20 Å². The van der Waals surface area contributed by atoms with Crippen molar-refractivity contribution in [2.75, 3.05) is 35.4 Å². The number of anilines is 2. The summed E-state index contributed by atoms with van der Waals surface area (Å²) in [5.41, 5.74) is 0. The lowest BCUT2D eigenvalue weighted by Crippen LogP contribution is -2.28. The van der Waals surface area contributed by atoms with E-state index in [0.717, 1.165) is 6.26 Å². The molecule has 1 aromatic rings. The van der Waals surface area contributed by atoms with Gasteiger partial charge in [0.15, 0.2) is 11.6 Å². The Hall–Kier alpha value is -1.92. The number of fused-ring (bicyclic) bond motifs is 1. The minimum atomic E-state index is -3.62. The SMILES string of the molecule is CS(=O)(=O)OC[C@H]1CN(c2cnc3c(n2)NC(=O)CS3)C(=O)O1. The van der Waals surface area contributed by atoms with Crippen LogP contribution in [0.25, 0.3) is 0 Å². The summed E-state index contributed by atoms with van der Waals surface area (Å²) >= 11 is 1.25. The zero-order chi connectivity index (χ0) is 16.6. The van der Waals surface area contributed by atoms with Crippen molar-refractivity contribution in [1.82, 2.24) is 9.97 Å². The molecule has 1 saturated heterocycles. The smallest absolute Gasteiger partial charge is 0.416 e. The molecular weight excluding hydrogens is 348 g/mol. The lowest BCUT2D eigenvalue weighted by molar-refractivity contribution is -0.113. The van der Waals surface area contributed by atoms with E-state index in [-0.39, 0.29) is 36.4 Å². The van der Waals surface area contributed by atoms with Crippen LogP contribution in [0.3, 0.4) is 0 Å². The van der Waals surface area contributed by atoms with Crippen molar-refractivity contribution < 1.29 is 26.9 Å². The van der Waals surface area contributed by atoms with Crippen molar-refractivity contribution >= 4 is 45.5 Å². The van der Waals surface area contributed by atoms with Gasteiger partial charge in [-0.05, 0) is 0 Å². The fourth-order valence-corrected chi connectivity index (χ4v) is 3.08. The maximum absolute atomic E-state index is 11.9. The number of carbonyl (C=O) groups excluding carboxylic acids is 2. The van der Waals surface area contributed by atoms with Gasteiger partial charge in [-0.15, -0.1) is 0 Å². The number of ether oxygens (including phenoxy) is 1. The van der Waals surface area contributed by atoms with E-state index in [2.05, 4.69) is 19.5 Å². The van der Waals surface area contributed by atoms with E-state index in [0.29, 0.717) is 5.03 Å². The first-order valence-corrected chi connectivity index (χ1v) is 9.24. The Morgan fingerprint density at radius 3 is 3.04 bits per heavy atom. The average Bonchev–Trinajstić information content (AvgIpc) is 2.85. The number of nitrogens with zero attached hydrogens (tertiary/aromatic N) is 3. The summed E-state index contributed by atoms with van der Waals surface area (Å²) in [4.78, 5) is 32.8. The molecule has 23 heavy (non-hydrogen) atoms. The highest BCUT2D eigenvalue weighted by atomic mass is 32.2. The zero-order valence-electron chi connectivity index (χ0n) is 11.9.